The number of allylic oxidation sites excluding steroid dienone is 1. The summed E-state index contributed by atoms with van der Waals surface area (Å²) < 4.78 is 5.09. The van der Waals surface area contributed by atoms with Crippen molar-refractivity contribution in [3.63, 3.8) is 0 Å². The van der Waals surface area contributed by atoms with Crippen molar-refractivity contribution in [2.24, 2.45) is 11.3 Å². The van der Waals surface area contributed by atoms with Gasteiger partial charge in [-0.05, 0) is 31.6 Å². The Bertz CT molecular complexity index is 319. The van der Waals surface area contributed by atoms with Gasteiger partial charge in [-0.1, -0.05) is 26.0 Å². The van der Waals surface area contributed by atoms with Gasteiger partial charge in [-0.15, -0.1) is 0 Å². The second-order valence-corrected chi connectivity index (χ2v) is 4.89. The number of hydrogen-bond donors (Lipinski definition) is 1. The molecule has 0 aromatic carbocycles. The van der Waals surface area contributed by atoms with E-state index in [1.807, 2.05) is 13.8 Å². The van der Waals surface area contributed by atoms with Gasteiger partial charge in [0.1, 0.15) is 0 Å². The normalized spacial score (nSPS) is 23.7. The lowest BCUT2D eigenvalue weighted by Gasteiger charge is -2.26. The molecule has 0 fully saturated rings. The molecule has 1 atom stereocenters. The van der Waals surface area contributed by atoms with E-state index in [1.54, 1.807) is 6.08 Å². The maximum Gasteiger partial charge on any atom is 0.327 e. The van der Waals surface area contributed by atoms with Crippen molar-refractivity contribution in [3.05, 3.63) is 12.2 Å². The maximum absolute atomic E-state index is 11.9. The Morgan fingerprint density at radius 2 is 2.18 bits per heavy atom. The fraction of sp³-hybridized carbons (Fsp3) is 0.692. The van der Waals surface area contributed by atoms with Crippen LogP contribution in [0.4, 0.5) is 0 Å². The zero-order chi connectivity index (χ0) is 12.9. The Balaban J connectivity index is 2.65. The first-order valence-electron chi connectivity index (χ1n) is 6.07. The minimum absolute atomic E-state index is 0.291. The van der Waals surface area contributed by atoms with Gasteiger partial charge in [0.05, 0.1) is 6.61 Å². The van der Waals surface area contributed by atoms with Gasteiger partial charge in [-0.25, -0.2) is 0 Å². The predicted molar refractivity (Wildman–Crippen MR) is 63.5 cm³/mol. The maximum atomic E-state index is 11.9. The minimum Gasteiger partial charge on any atom is -0.480 e. The molecule has 0 aromatic heterocycles. The van der Waals surface area contributed by atoms with Gasteiger partial charge in [0.15, 0.2) is 5.41 Å². The van der Waals surface area contributed by atoms with Crippen LogP contribution < -0.4 is 0 Å². The molecule has 1 rings (SSSR count). The highest BCUT2D eigenvalue weighted by Crippen LogP contribution is 2.33. The highest BCUT2D eigenvalue weighted by atomic mass is 16.5. The summed E-state index contributed by atoms with van der Waals surface area (Å²) in [4.78, 5) is 23.2. The number of esters is 1. The lowest BCUT2D eigenvalue weighted by molar-refractivity contribution is -0.166. The summed E-state index contributed by atoms with van der Waals surface area (Å²) in [7, 11) is 0. The second kappa shape index (κ2) is 5.84. The van der Waals surface area contributed by atoms with Gasteiger partial charge in [0.2, 0.25) is 0 Å². The zero-order valence-electron chi connectivity index (χ0n) is 10.4. The Kier molecular flexibility index (Phi) is 4.73. The van der Waals surface area contributed by atoms with Gasteiger partial charge >= 0.3 is 11.9 Å². The minimum atomic E-state index is -1.45. The lowest BCUT2D eigenvalue weighted by Crippen LogP contribution is -2.40. The van der Waals surface area contributed by atoms with E-state index < -0.39 is 17.4 Å². The van der Waals surface area contributed by atoms with Crippen LogP contribution in [-0.2, 0) is 14.3 Å². The molecule has 4 nitrogen and oxygen atoms in total. The smallest absolute Gasteiger partial charge is 0.327 e. The van der Waals surface area contributed by atoms with Crippen LogP contribution in [0.3, 0.4) is 0 Å². The van der Waals surface area contributed by atoms with Crippen LogP contribution in [0.25, 0.3) is 0 Å². The third-order valence-electron chi connectivity index (χ3n) is 3.02. The Morgan fingerprint density at radius 3 is 2.65 bits per heavy atom. The molecule has 1 N–H and O–H groups in total. The molecular formula is C13H20O4. The molecule has 0 spiro atoms. The molecule has 1 aliphatic carbocycles. The van der Waals surface area contributed by atoms with E-state index in [0.29, 0.717) is 25.4 Å². The highest BCUT2D eigenvalue weighted by Gasteiger charge is 2.45. The van der Waals surface area contributed by atoms with Crippen molar-refractivity contribution < 1.29 is 19.4 Å². The van der Waals surface area contributed by atoms with Crippen LogP contribution >= 0.6 is 0 Å². The number of rotatable bonds is 5. The summed E-state index contributed by atoms with van der Waals surface area (Å²) >= 11 is 0. The number of carboxylic acids is 1. The van der Waals surface area contributed by atoms with Crippen molar-refractivity contribution in [3.8, 4) is 0 Å². The summed E-state index contributed by atoms with van der Waals surface area (Å²) in [5, 5.41) is 9.22. The third kappa shape index (κ3) is 3.32. The molecule has 0 bridgehead atoms. The van der Waals surface area contributed by atoms with Gasteiger partial charge in [-0.2, -0.15) is 0 Å². The molecular weight excluding hydrogens is 220 g/mol. The number of aliphatic carboxylic acids is 1. The van der Waals surface area contributed by atoms with Gasteiger partial charge in [-0.3, -0.25) is 9.59 Å². The van der Waals surface area contributed by atoms with E-state index in [-0.39, 0.29) is 0 Å². The molecule has 1 aliphatic rings. The Hall–Kier alpha value is -1.32. The molecule has 0 radical (unpaired) electrons. The van der Waals surface area contributed by atoms with Crippen LogP contribution in [0.5, 0.6) is 0 Å². The molecule has 0 aliphatic heterocycles. The first-order chi connectivity index (χ1) is 7.99. The molecule has 4 heteroatoms. The van der Waals surface area contributed by atoms with Crippen molar-refractivity contribution in [2.45, 2.75) is 39.5 Å². The number of ether oxygens (including phenoxy) is 1. The van der Waals surface area contributed by atoms with Crippen LogP contribution in [0.15, 0.2) is 12.2 Å². The summed E-state index contributed by atoms with van der Waals surface area (Å²) in [6, 6.07) is 0. The average molecular weight is 240 g/mol. The fourth-order valence-corrected chi connectivity index (χ4v) is 1.82. The van der Waals surface area contributed by atoms with Crippen LogP contribution in [0.2, 0.25) is 0 Å². The molecule has 17 heavy (non-hydrogen) atoms. The molecule has 0 aromatic rings. The Labute approximate surface area is 102 Å². The van der Waals surface area contributed by atoms with Crippen molar-refractivity contribution >= 4 is 11.9 Å². The van der Waals surface area contributed by atoms with Crippen LogP contribution in [0.1, 0.15) is 39.5 Å². The molecule has 96 valence electrons. The first kappa shape index (κ1) is 13.7. The molecule has 0 heterocycles. The van der Waals surface area contributed by atoms with Crippen molar-refractivity contribution in [1.29, 1.82) is 0 Å². The summed E-state index contributed by atoms with van der Waals surface area (Å²) in [6.07, 6.45) is 5.86. The quantitative estimate of drug-likeness (QED) is 0.455. The summed E-state index contributed by atoms with van der Waals surface area (Å²) in [6.45, 7) is 4.35. The van der Waals surface area contributed by atoms with Crippen LogP contribution in [0, 0.1) is 11.3 Å². The average Bonchev–Trinajstić information content (AvgIpc) is 2.29. The monoisotopic (exact) mass is 240 g/mol. The van der Waals surface area contributed by atoms with E-state index >= 15 is 0 Å². The largest absolute Gasteiger partial charge is 0.480 e. The predicted octanol–water partition coefficient (Wildman–Crippen LogP) is 2.39. The highest BCUT2D eigenvalue weighted by molar-refractivity contribution is 6.01. The summed E-state index contributed by atoms with van der Waals surface area (Å²) in [5.41, 5.74) is -1.45. The van der Waals surface area contributed by atoms with Crippen LogP contribution in [-0.4, -0.2) is 23.7 Å². The van der Waals surface area contributed by atoms with Gasteiger partial charge in [0.25, 0.3) is 0 Å². The number of carboxylic acid groups (broad SMARTS) is 1. The standard InChI is InChI=1S/C13H20O4/c1-10(2)6-9-17-12(16)13(11(14)15)7-4-3-5-8-13/h4,7,10H,3,5-6,8-9H2,1-2H3,(H,14,15). The lowest BCUT2D eigenvalue weighted by atomic mass is 9.79. The van der Waals surface area contributed by atoms with E-state index in [4.69, 9.17) is 4.74 Å². The molecule has 0 amide bonds. The number of carbonyl (C=O) groups is 2. The second-order valence-electron chi connectivity index (χ2n) is 4.89. The van der Waals surface area contributed by atoms with E-state index in [0.717, 1.165) is 12.8 Å². The third-order valence-corrected chi connectivity index (χ3v) is 3.02. The Morgan fingerprint density at radius 1 is 1.47 bits per heavy atom. The SMILES string of the molecule is CC(C)CCOC(=O)C1(C(=O)O)C=CCCC1. The molecule has 0 saturated heterocycles. The summed E-state index contributed by atoms with van der Waals surface area (Å²) in [5.74, 6) is -1.30. The molecule has 0 saturated carbocycles. The van der Waals surface area contributed by atoms with Gasteiger partial charge < -0.3 is 9.84 Å². The van der Waals surface area contributed by atoms with E-state index in [1.165, 1.54) is 6.08 Å². The number of carbonyl (C=O) groups excluding carboxylic acids is 1. The van der Waals surface area contributed by atoms with Gasteiger partial charge in [0, 0.05) is 0 Å². The number of hydrogen-bond acceptors (Lipinski definition) is 3. The van der Waals surface area contributed by atoms with E-state index in [2.05, 4.69) is 0 Å². The van der Waals surface area contributed by atoms with E-state index in [9.17, 15) is 14.7 Å². The molecule has 1 unspecified atom stereocenters. The topological polar surface area (TPSA) is 63.6 Å². The first-order valence-corrected chi connectivity index (χ1v) is 6.07. The zero-order valence-corrected chi connectivity index (χ0v) is 10.4. The fourth-order valence-electron chi connectivity index (χ4n) is 1.82. The van der Waals surface area contributed by atoms with Crippen molar-refractivity contribution in [1.82, 2.24) is 0 Å². The van der Waals surface area contributed by atoms with Crippen molar-refractivity contribution in [2.75, 3.05) is 6.61 Å².